The number of hydrogen-bond acceptors (Lipinski definition) is 5. The van der Waals surface area contributed by atoms with E-state index in [2.05, 4.69) is 10.2 Å². The maximum Gasteiger partial charge on any atom is 0.318 e. The standard InChI is InChI=1S/C15H17FN4O2/c1-2-13-17-18-15(22-13)20-9-7-19(8-10-20)14(21)11-5-3-4-6-12(11)16/h3-6H,2,7-10H2,1H3. The van der Waals surface area contributed by atoms with E-state index in [1.165, 1.54) is 12.1 Å². The zero-order chi connectivity index (χ0) is 15.5. The van der Waals surface area contributed by atoms with Gasteiger partial charge in [-0.15, -0.1) is 5.10 Å². The first kappa shape index (κ1) is 14.5. The van der Waals surface area contributed by atoms with Crippen molar-refractivity contribution in [2.45, 2.75) is 13.3 Å². The fourth-order valence-electron chi connectivity index (χ4n) is 2.42. The lowest BCUT2D eigenvalue weighted by Crippen LogP contribution is -2.49. The van der Waals surface area contributed by atoms with Gasteiger partial charge < -0.3 is 14.2 Å². The van der Waals surface area contributed by atoms with E-state index in [0.29, 0.717) is 44.5 Å². The second kappa shape index (κ2) is 6.13. The van der Waals surface area contributed by atoms with E-state index < -0.39 is 5.82 Å². The van der Waals surface area contributed by atoms with Crippen LogP contribution in [0.4, 0.5) is 10.4 Å². The topological polar surface area (TPSA) is 62.5 Å². The Morgan fingerprint density at radius 1 is 1.23 bits per heavy atom. The molecule has 0 radical (unpaired) electrons. The quantitative estimate of drug-likeness (QED) is 0.864. The van der Waals surface area contributed by atoms with Crippen LogP contribution in [0.3, 0.4) is 0 Å². The van der Waals surface area contributed by atoms with E-state index in [1.807, 2.05) is 11.8 Å². The van der Waals surface area contributed by atoms with Crippen molar-refractivity contribution in [3.05, 3.63) is 41.5 Å². The minimum absolute atomic E-state index is 0.113. The van der Waals surface area contributed by atoms with Gasteiger partial charge in [0, 0.05) is 32.6 Å². The van der Waals surface area contributed by atoms with Crippen molar-refractivity contribution in [2.75, 3.05) is 31.1 Å². The van der Waals surface area contributed by atoms with Crippen LogP contribution in [0.1, 0.15) is 23.2 Å². The molecule has 22 heavy (non-hydrogen) atoms. The lowest BCUT2D eigenvalue weighted by atomic mass is 10.1. The molecule has 0 atom stereocenters. The number of nitrogens with zero attached hydrogens (tertiary/aromatic N) is 4. The molecule has 7 heteroatoms. The molecule has 0 bridgehead atoms. The number of halogens is 1. The molecule has 1 aliphatic heterocycles. The first-order valence-electron chi connectivity index (χ1n) is 7.30. The average Bonchev–Trinajstić information content (AvgIpc) is 3.04. The number of benzene rings is 1. The molecule has 0 spiro atoms. The first-order chi connectivity index (χ1) is 10.7. The van der Waals surface area contributed by atoms with Gasteiger partial charge in [-0.1, -0.05) is 24.2 Å². The van der Waals surface area contributed by atoms with Gasteiger partial charge in [-0.2, -0.15) is 0 Å². The van der Waals surface area contributed by atoms with Crippen LogP contribution >= 0.6 is 0 Å². The average molecular weight is 304 g/mol. The van der Waals surface area contributed by atoms with E-state index in [9.17, 15) is 9.18 Å². The highest BCUT2D eigenvalue weighted by Gasteiger charge is 2.26. The van der Waals surface area contributed by atoms with E-state index in [4.69, 9.17) is 4.42 Å². The normalized spacial score (nSPS) is 15.2. The molecule has 0 saturated carbocycles. The Kier molecular flexibility index (Phi) is 4.04. The summed E-state index contributed by atoms with van der Waals surface area (Å²) < 4.78 is 19.2. The molecule has 1 amide bonds. The Morgan fingerprint density at radius 2 is 1.95 bits per heavy atom. The lowest BCUT2D eigenvalue weighted by molar-refractivity contribution is 0.0740. The summed E-state index contributed by atoms with van der Waals surface area (Å²) >= 11 is 0. The van der Waals surface area contributed by atoms with Gasteiger partial charge >= 0.3 is 6.01 Å². The summed E-state index contributed by atoms with van der Waals surface area (Å²) in [6, 6.07) is 6.53. The maximum atomic E-state index is 13.7. The highest BCUT2D eigenvalue weighted by Crippen LogP contribution is 2.17. The molecule has 2 aromatic rings. The van der Waals surface area contributed by atoms with Crippen LogP contribution in [0.5, 0.6) is 0 Å². The van der Waals surface area contributed by atoms with Crippen molar-refractivity contribution in [3.63, 3.8) is 0 Å². The van der Waals surface area contributed by atoms with Gasteiger partial charge in [-0.05, 0) is 12.1 Å². The summed E-state index contributed by atoms with van der Waals surface area (Å²) in [7, 11) is 0. The third-order valence-corrected chi connectivity index (χ3v) is 3.70. The molecule has 3 rings (SSSR count). The van der Waals surface area contributed by atoms with Crippen molar-refractivity contribution < 1.29 is 13.6 Å². The molecular weight excluding hydrogens is 287 g/mol. The molecule has 1 aromatic heterocycles. The monoisotopic (exact) mass is 304 g/mol. The minimum Gasteiger partial charge on any atom is -0.408 e. The van der Waals surface area contributed by atoms with Crippen LogP contribution in [0.25, 0.3) is 0 Å². The summed E-state index contributed by atoms with van der Waals surface area (Å²) in [6.45, 7) is 4.12. The predicted octanol–water partition coefficient (Wildman–Crippen LogP) is 1.73. The van der Waals surface area contributed by atoms with Gasteiger partial charge in [0.25, 0.3) is 5.91 Å². The van der Waals surface area contributed by atoms with Crippen LogP contribution in [0, 0.1) is 5.82 Å². The predicted molar refractivity (Wildman–Crippen MR) is 78.2 cm³/mol. The van der Waals surface area contributed by atoms with E-state index in [-0.39, 0.29) is 11.5 Å². The van der Waals surface area contributed by atoms with Crippen molar-refractivity contribution in [3.8, 4) is 0 Å². The van der Waals surface area contributed by atoms with Crippen LogP contribution in [-0.4, -0.2) is 47.2 Å². The van der Waals surface area contributed by atoms with Gasteiger partial charge in [0.2, 0.25) is 5.89 Å². The number of hydrogen-bond donors (Lipinski definition) is 0. The van der Waals surface area contributed by atoms with Crippen molar-refractivity contribution in [1.82, 2.24) is 15.1 Å². The third kappa shape index (κ3) is 2.79. The fraction of sp³-hybridized carbons (Fsp3) is 0.400. The Labute approximate surface area is 127 Å². The molecule has 0 aliphatic carbocycles. The number of aryl methyl sites for hydroxylation is 1. The van der Waals surface area contributed by atoms with Crippen LogP contribution < -0.4 is 4.90 Å². The second-order valence-corrected chi connectivity index (χ2v) is 5.09. The summed E-state index contributed by atoms with van der Waals surface area (Å²) in [4.78, 5) is 15.9. The molecule has 0 unspecified atom stereocenters. The van der Waals surface area contributed by atoms with Crippen LogP contribution in [-0.2, 0) is 6.42 Å². The van der Waals surface area contributed by atoms with Crippen molar-refractivity contribution in [2.24, 2.45) is 0 Å². The number of amides is 1. The number of anilines is 1. The Bertz CT molecular complexity index is 665. The van der Waals surface area contributed by atoms with E-state index >= 15 is 0 Å². The van der Waals surface area contributed by atoms with Gasteiger partial charge in [0.05, 0.1) is 5.56 Å². The molecule has 1 aliphatic rings. The van der Waals surface area contributed by atoms with Crippen LogP contribution in [0.2, 0.25) is 0 Å². The lowest BCUT2D eigenvalue weighted by Gasteiger charge is -2.33. The Morgan fingerprint density at radius 3 is 2.59 bits per heavy atom. The van der Waals surface area contributed by atoms with Gasteiger partial charge in [-0.3, -0.25) is 4.79 Å². The summed E-state index contributed by atoms with van der Waals surface area (Å²) in [6.07, 6.45) is 0.693. The zero-order valence-electron chi connectivity index (χ0n) is 12.3. The highest BCUT2D eigenvalue weighted by atomic mass is 19.1. The summed E-state index contributed by atoms with van der Waals surface area (Å²) in [5.41, 5.74) is 0.113. The molecule has 6 nitrogen and oxygen atoms in total. The Balaban J connectivity index is 1.64. The fourth-order valence-corrected chi connectivity index (χ4v) is 2.42. The number of aromatic nitrogens is 2. The molecule has 1 saturated heterocycles. The highest BCUT2D eigenvalue weighted by molar-refractivity contribution is 5.94. The summed E-state index contributed by atoms with van der Waals surface area (Å²) in [5.74, 6) is -0.170. The number of piperazine rings is 1. The molecule has 116 valence electrons. The maximum absolute atomic E-state index is 13.7. The number of rotatable bonds is 3. The molecule has 1 aromatic carbocycles. The van der Waals surface area contributed by atoms with Gasteiger partial charge in [-0.25, -0.2) is 4.39 Å². The number of carbonyl (C=O) groups excluding carboxylic acids is 1. The van der Waals surface area contributed by atoms with Gasteiger partial charge in [0.15, 0.2) is 0 Å². The SMILES string of the molecule is CCc1nnc(N2CCN(C(=O)c3ccccc3F)CC2)o1. The zero-order valence-corrected chi connectivity index (χ0v) is 12.3. The molecule has 0 N–H and O–H groups in total. The van der Waals surface area contributed by atoms with Crippen LogP contribution in [0.15, 0.2) is 28.7 Å². The second-order valence-electron chi connectivity index (χ2n) is 5.09. The van der Waals surface area contributed by atoms with Crippen molar-refractivity contribution in [1.29, 1.82) is 0 Å². The third-order valence-electron chi connectivity index (χ3n) is 3.70. The summed E-state index contributed by atoms with van der Waals surface area (Å²) in [5, 5.41) is 7.93. The first-order valence-corrected chi connectivity index (χ1v) is 7.30. The number of carbonyl (C=O) groups is 1. The molecule has 1 fully saturated rings. The molecule has 2 heterocycles. The smallest absolute Gasteiger partial charge is 0.318 e. The van der Waals surface area contributed by atoms with E-state index in [1.54, 1.807) is 17.0 Å². The Hall–Kier alpha value is -2.44. The van der Waals surface area contributed by atoms with Crippen molar-refractivity contribution >= 4 is 11.9 Å². The van der Waals surface area contributed by atoms with E-state index in [0.717, 1.165) is 0 Å². The van der Waals surface area contributed by atoms with Gasteiger partial charge in [0.1, 0.15) is 5.82 Å². The minimum atomic E-state index is -0.487. The molecular formula is C15H17FN4O2. The largest absolute Gasteiger partial charge is 0.408 e.